The highest BCUT2D eigenvalue weighted by atomic mass is 32.1. The molecule has 2 rings (SSSR count). The van der Waals surface area contributed by atoms with E-state index in [4.69, 9.17) is 9.84 Å². The van der Waals surface area contributed by atoms with Crippen molar-refractivity contribution in [3.05, 3.63) is 11.4 Å². The van der Waals surface area contributed by atoms with Crippen LogP contribution in [0.5, 0.6) is 5.75 Å². The lowest BCUT2D eigenvalue weighted by Crippen LogP contribution is -2.16. The Hall–Kier alpha value is -1.96. The summed E-state index contributed by atoms with van der Waals surface area (Å²) in [6.07, 6.45) is 0.878. The molecule has 8 heteroatoms. The maximum atomic E-state index is 10.8. The SMILES string of the molecule is CCC(CC(=O)O)Cn1nnnc1-c1cc(OC)cs1. The second-order valence-corrected chi connectivity index (χ2v) is 5.32. The van der Waals surface area contributed by atoms with Gasteiger partial charge in [0, 0.05) is 24.4 Å². The minimum Gasteiger partial charge on any atom is -0.496 e. The Morgan fingerprint density at radius 1 is 1.60 bits per heavy atom. The van der Waals surface area contributed by atoms with Crippen molar-refractivity contribution in [2.75, 3.05) is 7.11 Å². The first-order chi connectivity index (χ1) is 9.63. The topological polar surface area (TPSA) is 90.1 Å². The van der Waals surface area contributed by atoms with Gasteiger partial charge in [0.1, 0.15) is 5.75 Å². The van der Waals surface area contributed by atoms with Gasteiger partial charge in [-0.15, -0.1) is 16.4 Å². The van der Waals surface area contributed by atoms with Gasteiger partial charge in [0.2, 0.25) is 0 Å². The van der Waals surface area contributed by atoms with E-state index < -0.39 is 5.97 Å². The Bertz CT molecular complexity index is 581. The molecule has 0 aliphatic rings. The summed E-state index contributed by atoms with van der Waals surface area (Å²) in [7, 11) is 1.61. The zero-order valence-electron chi connectivity index (χ0n) is 11.3. The van der Waals surface area contributed by atoms with Crippen LogP contribution < -0.4 is 4.74 Å². The smallest absolute Gasteiger partial charge is 0.303 e. The number of thiophene rings is 1. The van der Waals surface area contributed by atoms with Gasteiger partial charge in [-0.05, 0) is 16.3 Å². The first-order valence-corrected chi connectivity index (χ1v) is 7.12. The molecule has 0 amide bonds. The number of carboxylic acids is 1. The van der Waals surface area contributed by atoms with Crippen molar-refractivity contribution < 1.29 is 14.6 Å². The number of nitrogens with zero attached hydrogens (tertiary/aromatic N) is 4. The predicted octanol–water partition coefficient (Wildman–Crippen LogP) is 1.91. The molecule has 20 heavy (non-hydrogen) atoms. The first kappa shape index (κ1) is 14.4. The van der Waals surface area contributed by atoms with E-state index in [9.17, 15) is 4.79 Å². The lowest BCUT2D eigenvalue weighted by atomic mass is 10.0. The van der Waals surface area contributed by atoms with Gasteiger partial charge in [0.15, 0.2) is 5.82 Å². The summed E-state index contributed by atoms with van der Waals surface area (Å²) in [4.78, 5) is 11.7. The molecule has 0 aliphatic heterocycles. The zero-order chi connectivity index (χ0) is 14.5. The van der Waals surface area contributed by atoms with Gasteiger partial charge < -0.3 is 9.84 Å². The van der Waals surface area contributed by atoms with E-state index in [0.717, 1.165) is 17.0 Å². The second-order valence-electron chi connectivity index (χ2n) is 4.41. The summed E-state index contributed by atoms with van der Waals surface area (Å²) in [5.74, 6) is 0.611. The van der Waals surface area contributed by atoms with E-state index in [1.54, 1.807) is 11.8 Å². The molecule has 0 saturated carbocycles. The Morgan fingerprint density at radius 3 is 3.00 bits per heavy atom. The molecule has 2 heterocycles. The molecule has 1 N–H and O–H groups in total. The summed E-state index contributed by atoms with van der Waals surface area (Å²) in [5, 5.41) is 22.4. The van der Waals surface area contributed by atoms with Gasteiger partial charge in [-0.25, -0.2) is 4.68 Å². The Labute approximate surface area is 120 Å². The maximum absolute atomic E-state index is 10.8. The molecule has 0 fully saturated rings. The number of tetrazole rings is 1. The van der Waals surface area contributed by atoms with Crippen LogP contribution in [0.25, 0.3) is 10.7 Å². The van der Waals surface area contributed by atoms with Crippen molar-refractivity contribution in [2.24, 2.45) is 5.92 Å². The lowest BCUT2D eigenvalue weighted by Gasteiger charge is -2.12. The molecule has 0 radical (unpaired) electrons. The van der Waals surface area contributed by atoms with E-state index in [0.29, 0.717) is 12.4 Å². The van der Waals surface area contributed by atoms with Gasteiger partial charge >= 0.3 is 5.97 Å². The average molecular weight is 296 g/mol. The highest BCUT2D eigenvalue weighted by molar-refractivity contribution is 7.13. The van der Waals surface area contributed by atoms with E-state index in [2.05, 4.69) is 15.5 Å². The van der Waals surface area contributed by atoms with Gasteiger partial charge in [0.25, 0.3) is 0 Å². The summed E-state index contributed by atoms with van der Waals surface area (Å²) < 4.78 is 6.80. The molecule has 7 nitrogen and oxygen atoms in total. The summed E-state index contributed by atoms with van der Waals surface area (Å²) >= 11 is 1.49. The number of aliphatic carboxylic acids is 1. The van der Waals surface area contributed by atoms with Crippen LogP contribution in [0.4, 0.5) is 0 Å². The van der Waals surface area contributed by atoms with Crippen molar-refractivity contribution in [1.29, 1.82) is 0 Å². The molecular formula is C12H16N4O3S. The molecule has 2 aromatic heterocycles. The third-order valence-corrected chi connectivity index (χ3v) is 3.94. The fourth-order valence-electron chi connectivity index (χ4n) is 1.88. The number of rotatable bonds is 7. The molecule has 2 aromatic rings. The van der Waals surface area contributed by atoms with Crippen LogP contribution in [-0.4, -0.2) is 38.4 Å². The van der Waals surface area contributed by atoms with Gasteiger partial charge in [0.05, 0.1) is 12.0 Å². The molecule has 108 valence electrons. The molecular weight excluding hydrogens is 280 g/mol. The van der Waals surface area contributed by atoms with Gasteiger partial charge in [-0.1, -0.05) is 13.3 Å². The van der Waals surface area contributed by atoms with Crippen molar-refractivity contribution in [1.82, 2.24) is 20.2 Å². The third-order valence-electron chi connectivity index (χ3n) is 3.04. The summed E-state index contributed by atoms with van der Waals surface area (Å²) in [6.45, 7) is 2.46. The quantitative estimate of drug-likeness (QED) is 0.839. The van der Waals surface area contributed by atoms with Crippen molar-refractivity contribution in [3.8, 4) is 16.5 Å². The Balaban J connectivity index is 2.17. The maximum Gasteiger partial charge on any atom is 0.303 e. The molecule has 0 bridgehead atoms. The van der Waals surface area contributed by atoms with Crippen LogP contribution in [-0.2, 0) is 11.3 Å². The molecule has 1 atom stereocenters. The minimum absolute atomic E-state index is 0.0107. The molecule has 0 spiro atoms. The number of carboxylic acid groups (broad SMARTS) is 1. The van der Waals surface area contributed by atoms with E-state index in [1.165, 1.54) is 11.3 Å². The number of hydrogen-bond acceptors (Lipinski definition) is 6. The van der Waals surface area contributed by atoms with E-state index in [-0.39, 0.29) is 12.3 Å². The molecule has 0 aliphatic carbocycles. The van der Waals surface area contributed by atoms with Crippen molar-refractivity contribution >= 4 is 17.3 Å². The van der Waals surface area contributed by atoms with Crippen LogP contribution >= 0.6 is 11.3 Å². The van der Waals surface area contributed by atoms with Gasteiger partial charge in [-0.3, -0.25) is 4.79 Å². The van der Waals surface area contributed by atoms with Crippen LogP contribution in [0.15, 0.2) is 11.4 Å². The number of carbonyl (C=O) groups is 1. The fraction of sp³-hybridized carbons (Fsp3) is 0.500. The standard InChI is InChI=1S/C12H16N4O3S/c1-3-8(4-11(17)18)6-16-12(13-14-15-16)10-5-9(19-2)7-20-10/h5,7-8H,3-4,6H2,1-2H3,(H,17,18). The number of hydrogen-bond donors (Lipinski definition) is 1. The number of aromatic nitrogens is 4. The molecule has 0 aromatic carbocycles. The minimum atomic E-state index is -0.802. The summed E-state index contributed by atoms with van der Waals surface area (Å²) in [5.41, 5.74) is 0. The highest BCUT2D eigenvalue weighted by Crippen LogP contribution is 2.29. The second kappa shape index (κ2) is 6.47. The normalized spacial score (nSPS) is 12.3. The van der Waals surface area contributed by atoms with Crippen molar-refractivity contribution in [2.45, 2.75) is 26.3 Å². The zero-order valence-corrected chi connectivity index (χ0v) is 12.1. The average Bonchev–Trinajstić information content (AvgIpc) is 3.05. The van der Waals surface area contributed by atoms with Crippen molar-refractivity contribution in [3.63, 3.8) is 0 Å². The fourth-order valence-corrected chi connectivity index (χ4v) is 2.72. The third kappa shape index (κ3) is 3.32. The van der Waals surface area contributed by atoms with Crippen LogP contribution in [0.1, 0.15) is 19.8 Å². The monoisotopic (exact) mass is 296 g/mol. The first-order valence-electron chi connectivity index (χ1n) is 6.24. The van der Waals surface area contributed by atoms with Crippen LogP contribution in [0.2, 0.25) is 0 Å². The Kier molecular flexibility index (Phi) is 4.67. The molecule has 1 unspecified atom stereocenters. The number of ether oxygens (including phenoxy) is 1. The van der Waals surface area contributed by atoms with E-state index in [1.807, 2.05) is 18.4 Å². The van der Waals surface area contributed by atoms with Crippen LogP contribution in [0.3, 0.4) is 0 Å². The largest absolute Gasteiger partial charge is 0.496 e. The predicted molar refractivity (Wildman–Crippen MR) is 73.7 cm³/mol. The summed E-state index contributed by atoms with van der Waals surface area (Å²) in [6, 6.07) is 1.87. The van der Waals surface area contributed by atoms with E-state index >= 15 is 0 Å². The number of methoxy groups -OCH3 is 1. The van der Waals surface area contributed by atoms with Crippen LogP contribution in [0, 0.1) is 5.92 Å². The highest BCUT2D eigenvalue weighted by Gasteiger charge is 2.17. The lowest BCUT2D eigenvalue weighted by molar-refractivity contribution is -0.138. The van der Waals surface area contributed by atoms with Gasteiger partial charge in [-0.2, -0.15) is 0 Å². The Morgan fingerprint density at radius 2 is 2.40 bits per heavy atom. The molecule has 0 saturated heterocycles.